The molecule has 0 rings (SSSR count). The Hall–Kier alpha value is -0.530. The molecule has 0 bridgehead atoms. The lowest BCUT2D eigenvalue weighted by Gasteiger charge is -2.03. The molecule has 2 nitrogen and oxygen atoms in total. The summed E-state index contributed by atoms with van der Waals surface area (Å²) in [5.41, 5.74) is 0. The number of carbonyl (C=O) groups is 1. The van der Waals surface area contributed by atoms with Crippen molar-refractivity contribution >= 4 is 5.91 Å². The fourth-order valence-corrected chi connectivity index (χ4v) is 0.432. The average molecular weight is 147 g/mol. The number of nitrogens with one attached hydrogen (secondary N) is 1. The van der Waals surface area contributed by atoms with E-state index in [1.165, 1.54) is 0 Å². The number of hydrogen-bond acceptors (Lipinski definition) is 1. The Balaban J connectivity index is -0.000000196. The summed E-state index contributed by atoms with van der Waals surface area (Å²) in [6, 6.07) is 0. The van der Waals surface area contributed by atoms with Gasteiger partial charge < -0.3 is 5.32 Å². The Bertz CT molecular complexity index is 86.2. The van der Waals surface area contributed by atoms with Crippen molar-refractivity contribution in [3.63, 3.8) is 0 Å². The van der Waals surface area contributed by atoms with Crippen LogP contribution >= 0.6 is 0 Å². The molecule has 1 N–H and O–H groups in total. The maximum Gasteiger partial charge on any atom is 0.222 e. The van der Waals surface area contributed by atoms with Crippen molar-refractivity contribution in [1.82, 2.24) is 5.32 Å². The SMILES string of the molecule is CC.CC[C@@H](C)C(=O)NC.[HH]. The summed E-state index contributed by atoms with van der Waals surface area (Å²) in [6.07, 6.45) is 0.916. The van der Waals surface area contributed by atoms with Crippen LogP contribution in [0.1, 0.15) is 35.5 Å². The molecule has 0 fully saturated rings. The summed E-state index contributed by atoms with van der Waals surface area (Å²) in [5.74, 6) is 0.299. The molecule has 0 radical (unpaired) electrons. The monoisotopic (exact) mass is 147 g/mol. The summed E-state index contributed by atoms with van der Waals surface area (Å²) in [5, 5.41) is 2.58. The molecule has 0 saturated carbocycles. The molecule has 0 aliphatic rings. The zero-order valence-corrected chi connectivity index (χ0v) is 7.69. The fourth-order valence-electron chi connectivity index (χ4n) is 0.432. The minimum absolute atomic E-state index is 0. The van der Waals surface area contributed by atoms with Gasteiger partial charge in [-0.1, -0.05) is 27.7 Å². The fraction of sp³-hybridized carbons (Fsp3) is 0.875. The standard InChI is InChI=1S/C6H13NO.C2H6.H2/c1-4-5(2)6(8)7-3;1-2;/h5H,4H2,1-3H3,(H,7,8);1-2H3;1H/t5-;;/m1../s1. The molecule has 0 aliphatic heterocycles. The van der Waals surface area contributed by atoms with Crippen molar-refractivity contribution in [1.29, 1.82) is 0 Å². The van der Waals surface area contributed by atoms with Gasteiger partial charge in [0.15, 0.2) is 0 Å². The normalized spacial score (nSPS) is 10.9. The highest BCUT2D eigenvalue weighted by Gasteiger charge is 2.05. The van der Waals surface area contributed by atoms with Gasteiger partial charge in [-0.3, -0.25) is 4.79 Å². The first-order valence-electron chi connectivity index (χ1n) is 3.94. The Labute approximate surface area is 65.5 Å². The van der Waals surface area contributed by atoms with Gasteiger partial charge in [0.25, 0.3) is 0 Å². The van der Waals surface area contributed by atoms with Crippen LogP contribution in [0, 0.1) is 5.92 Å². The van der Waals surface area contributed by atoms with E-state index < -0.39 is 0 Å². The average Bonchev–Trinajstić information content (AvgIpc) is 2.05. The molecule has 2 heteroatoms. The van der Waals surface area contributed by atoms with Crippen LogP contribution in [0.15, 0.2) is 0 Å². The second-order valence-electron chi connectivity index (χ2n) is 1.92. The predicted molar refractivity (Wildman–Crippen MR) is 47.0 cm³/mol. The molecule has 0 aliphatic carbocycles. The van der Waals surface area contributed by atoms with Crippen molar-refractivity contribution < 1.29 is 6.22 Å². The van der Waals surface area contributed by atoms with E-state index >= 15 is 0 Å². The molecule has 0 heterocycles. The Morgan fingerprint density at radius 2 is 2.00 bits per heavy atom. The predicted octanol–water partition coefficient (Wildman–Crippen LogP) is 2.05. The van der Waals surface area contributed by atoms with E-state index in [1.54, 1.807) is 7.05 Å². The third kappa shape index (κ3) is 5.60. The largest absolute Gasteiger partial charge is 0.359 e. The first-order valence-corrected chi connectivity index (χ1v) is 3.94. The lowest BCUT2D eigenvalue weighted by molar-refractivity contribution is -0.124. The van der Waals surface area contributed by atoms with Crippen LogP contribution in [-0.2, 0) is 4.79 Å². The second-order valence-corrected chi connectivity index (χ2v) is 1.92. The smallest absolute Gasteiger partial charge is 0.222 e. The molecule has 10 heavy (non-hydrogen) atoms. The summed E-state index contributed by atoms with van der Waals surface area (Å²) >= 11 is 0. The number of carbonyl (C=O) groups excluding carboxylic acids is 1. The molecule has 1 atom stereocenters. The van der Waals surface area contributed by atoms with Gasteiger partial charge in [0.05, 0.1) is 0 Å². The van der Waals surface area contributed by atoms with Gasteiger partial charge in [0.1, 0.15) is 0 Å². The van der Waals surface area contributed by atoms with Crippen molar-refractivity contribution in [2.24, 2.45) is 5.92 Å². The van der Waals surface area contributed by atoms with E-state index in [9.17, 15) is 4.79 Å². The molecule has 0 spiro atoms. The zero-order chi connectivity index (χ0) is 8.57. The molecular formula is C8H21NO. The van der Waals surface area contributed by atoms with Gasteiger partial charge >= 0.3 is 0 Å². The molecule has 1 amide bonds. The second kappa shape index (κ2) is 8.47. The molecule has 0 unspecified atom stereocenters. The lowest BCUT2D eigenvalue weighted by atomic mass is 10.1. The van der Waals surface area contributed by atoms with Gasteiger partial charge in [-0.2, -0.15) is 0 Å². The van der Waals surface area contributed by atoms with E-state index in [4.69, 9.17) is 0 Å². The minimum Gasteiger partial charge on any atom is -0.359 e. The number of amides is 1. The highest BCUT2D eigenvalue weighted by Crippen LogP contribution is 1.97. The Morgan fingerprint density at radius 1 is 1.60 bits per heavy atom. The topological polar surface area (TPSA) is 29.1 Å². The molecular weight excluding hydrogens is 126 g/mol. The van der Waals surface area contributed by atoms with Crippen LogP contribution in [0.5, 0.6) is 0 Å². The van der Waals surface area contributed by atoms with Gasteiger partial charge in [0.2, 0.25) is 5.91 Å². The lowest BCUT2D eigenvalue weighted by Crippen LogP contribution is -2.24. The van der Waals surface area contributed by atoms with E-state index in [-0.39, 0.29) is 13.3 Å². The third-order valence-corrected chi connectivity index (χ3v) is 1.31. The van der Waals surface area contributed by atoms with Crippen LogP contribution in [0.2, 0.25) is 0 Å². The molecule has 64 valence electrons. The van der Waals surface area contributed by atoms with Crippen LogP contribution in [-0.4, -0.2) is 13.0 Å². The summed E-state index contributed by atoms with van der Waals surface area (Å²) in [7, 11) is 1.66. The van der Waals surface area contributed by atoms with Crippen LogP contribution in [0.3, 0.4) is 0 Å². The zero-order valence-electron chi connectivity index (χ0n) is 7.69. The van der Waals surface area contributed by atoms with Gasteiger partial charge in [-0.25, -0.2) is 0 Å². The highest BCUT2D eigenvalue weighted by molar-refractivity contribution is 5.77. The van der Waals surface area contributed by atoms with Crippen molar-refractivity contribution in [3.8, 4) is 0 Å². The summed E-state index contributed by atoms with van der Waals surface area (Å²) < 4.78 is 0. The van der Waals surface area contributed by atoms with Gasteiger partial charge in [-0.05, 0) is 6.42 Å². The van der Waals surface area contributed by atoms with Crippen molar-refractivity contribution in [2.75, 3.05) is 7.05 Å². The van der Waals surface area contributed by atoms with E-state index in [2.05, 4.69) is 5.32 Å². The molecule has 0 aromatic heterocycles. The van der Waals surface area contributed by atoms with E-state index in [0.29, 0.717) is 0 Å². The minimum atomic E-state index is 0. The Morgan fingerprint density at radius 3 is 2.10 bits per heavy atom. The highest BCUT2D eigenvalue weighted by atomic mass is 16.1. The molecule has 0 saturated heterocycles. The first kappa shape index (κ1) is 12.2. The third-order valence-electron chi connectivity index (χ3n) is 1.31. The maximum atomic E-state index is 10.6. The summed E-state index contributed by atoms with van der Waals surface area (Å²) in [4.78, 5) is 10.6. The van der Waals surface area contributed by atoms with Crippen LogP contribution in [0.4, 0.5) is 0 Å². The van der Waals surface area contributed by atoms with E-state index in [1.807, 2.05) is 27.7 Å². The Kier molecular flexibility index (Phi) is 10.3. The van der Waals surface area contributed by atoms with E-state index in [0.717, 1.165) is 6.42 Å². The number of rotatable bonds is 2. The van der Waals surface area contributed by atoms with Gasteiger partial charge in [0, 0.05) is 14.4 Å². The maximum absolute atomic E-state index is 10.6. The van der Waals surface area contributed by atoms with Gasteiger partial charge in [-0.15, -0.1) is 0 Å². The van der Waals surface area contributed by atoms with Crippen molar-refractivity contribution in [3.05, 3.63) is 0 Å². The molecule has 0 aromatic carbocycles. The summed E-state index contributed by atoms with van der Waals surface area (Å²) in [6.45, 7) is 7.92. The van der Waals surface area contributed by atoms with Crippen LogP contribution < -0.4 is 5.32 Å². The molecule has 0 aromatic rings. The van der Waals surface area contributed by atoms with Crippen LogP contribution in [0.25, 0.3) is 0 Å². The van der Waals surface area contributed by atoms with Crippen molar-refractivity contribution in [2.45, 2.75) is 34.1 Å². The first-order chi connectivity index (χ1) is 4.72. The number of hydrogen-bond donors (Lipinski definition) is 1. The quantitative estimate of drug-likeness (QED) is 0.636.